The van der Waals surface area contributed by atoms with E-state index in [-0.39, 0.29) is 0 Å². The summed E-state index contributed by atoms with van der Waals surface area (Å²) < 4.78 is 0. The van der Waals surface area contributed by atoms with Gasteiger partial charge < -0.3 is 0 Å². The average Bonchev–Trinajstić information content (AvgIpc) is 1.82. The van der Waals surface area contributed by atoms with E-state index >= 15 is 0 Å². The Bertz CT molecular complexity index is 184. The van der Waals surface area contributed by atoms with Crippen LogP contribution in [-0.2, 0) is 0 Å². The number of rotatable bonds is 2. The minimum Gasteiger partial charge on any atom is -0.162 e. The van der Waals surface area contributed by atoms with Crippen LogP contribution in [0.2, 0.25) is 13.1 Å². The van der Waals surface area contributed by atoms with Crippen LogP contribution >= 0.6 is 11.1 Å². The highest BCUT2D eigenvalue weighted by Crippen LogP contribution is 2.16. The molecule has 0 heterocycles. The summed E-state index contributed by atoms with van der Waals surface area (Å²) in [6.45, 7) is 10.5. The molecule has 0 rings (SSSR count). The summed E-state index contributed by atoms with van der Waals surface area (Å²) in [5.74, 6) is 0. The lowest BCUT2D eigenvalue weighted by Gasteiger charge is -2.09. The molecule has 0 spiro atoms. The average molecular weight is 189 g/mol. The van der Waals surface area contributed by atoms with E-state index in [9.17, 15) is 0 Å². The Morgan fingerprint density at radius 1 is 1.18 bits per heavy atom. The van der Waals surface area contributed by atoms with E-state index in [1.807, 2.05) is 0 Å². The first-order valence-electron chi connectivity index (χ1n) is 3.88. The zero-order chi connectivity index (χ0) is 9.07. The third-order valence-electron chi connectivity index (χ3n) is 1.61. The fraction of sp³-hybridized carbons (Fsp3) is 0.556. The second-order valence-electron chi connectivity index (χ2n) is 3.36. The van der Waals surface area contributed by atoms with Crippen LogP contribution in [0, 0.1) is 0 Å². The zero-order valence-corrected chi connectivity index (χ0v) is 9.79. The number of halogens is 1. The second kappa shape index (κ2) is 4.12. The largest absolute Gasteiger partial charge is 0.173 e. The first-order valence-corrected chi connectivity index (χ1v) is 7.97. The molecule has 0 saturated carbocycles. The Hall–Kier alpha value is -0.0131. The van der Waals surface area contributed by atoms with Gasteiger partial charge in [0.15, 0.2) is 7.38 Å². The van der Waals surface area contributed by atoms with Crippen molar-refractivity contribution in [2.24, 2.45) is 0 Å². The van der Waals surface area contributed by atoms with Crippen molar-refractivity contribution in [1.82, 2.24) is 0 Å². The van der Waals surface area contributed by atoms with Gasteiger partial charge in [-0.25, -0.2) is 0 Å². The van der Waals surface area contributed by atoms with Gasteiger partial charge in [0, 0.05) is 0 Å². The minimum absolute atomic E-state index is 1.32. The second-order valence-corrected chi connectivity index (χ2v) is 9.70. The highest BCUT2D eigenvalue weighted by molar-refractivity contribution is 7.21. The van der Waals surface area contributed by atoms with Crippen LogP contribution in [0.15, 0.2) is 22.9 Å². The van der Waals surface area contributed by atoms with Crippen molar-refractivity contribution < 1.29 is 0 Å². The van der Waals surface area contributed by atoms with E-state index in [1.54, 1.807) is 0 Å². The topological polar surface area (TPSA) is 0 Å². The van der Waals surface area contributed by atoms with Crippen molar-refractivity contribution in [1.29, 1.82) is 0 Å². The molecule has 11 heavy (non-hydrogen) atoms. The van der Waals surface area contributed by atoms with Crippen LogP contribution in [0.1, 0.15) is 20.8 Å². The van der Waals surface area contributed by atoms with Gasteiger partial charge in [0.05, 0.1) is 0 Å². The standard InChI is InChI=1S/C9H17ClSi/c1-6-8(2)9(3)7-11(4,5)10/h6-7H,1-5H3. The smallest absolute Gasteiger partial charge is 0.162 e. The van der Waals surface area contributed by atoms with E-state index in [1.165, 1.54) is 11.1 Å². The molecule has 0 saturated heterocycles. The maximum Gasteiger partial charge on any atom is 0.173 e. The monoisotopic (exact) mass is 188 g/mol. The molecule has 0 aromatic rings. The van der Waals surface area contributed by atoms with Crippen molar-refractivity contribution >= 4 is 18.5 Å². The van der Waals surface area contributed by atoms with Gasteiger partial charge in [-0.15, -0.1) is 0 Å². The Morgan fingerprint density at radius 2 is 1.64 bits per heavy atom. The molecule has 0 aromatic heterocycles. The Balaban J connectivity index is 4.48. The molecule has 0 aliphatic carbocycles. The molecule has 0 unspecified atom stereocenters. The maximum absolute atomic E-state index is 6.16. The SMILES string of the molecule is CC=C(C)C(C)=C[Si](C)(C)Cl. The third kappa shape index (κ3) is 5.28. The molecular formula is C9H17ClSi. The molecule has 0 N–H and O–H groups in total. The Kier molecular flexibility index (Phi) is 4.12. The predicted octanol–water partition coefficient (Wildman–Crippen LogP) is 3.88. The summed E-state index contributed by atoms with van der Waals surface area (Å²) in [6, 6.07) is 0. The first-order chi connectivity index (χ1) is 4.87. The third-order valence-corrected chi connectivity index (χ3v) is 3.06. The molecule has 0 aliphatic rings. The number of hydrogen-bond acceptors (Lipinski definition) is 0. The molecule has 0 fully saturated rings. The van der Waals surface area contributed by atoms with Gasteiger partial charge >= 0.3 is 0 Å². The first kappa shape index (κ1) is 11.0. The molecule has 0 nitrogen and oxygen atoms in total. The maximum atomic E-state index is 6.16. The quantitative estimate of drug-likeness (QED) is 0.351. The van der Waals surface area contributed by atoms with Crippen LogP contribution in [0.3, 0.4) is 0 Å². The van der Waals surface area contributed by atoms with Gasteiger partial charge in [0.2, 0.25) is 0 Å². The summed E-state index contributed by atoms with van der Waals surface area (Å²) in [7, 11) is -1.53. The lowest BCUT2D eigenvalue weighted by atomic mass is 10.1. The van der Waals surface area contributed by atoms with Gasteiger partial charge in [-0.2, -0.15) is 11.1 Å². The predicted molar refractivity (Wildman–Crippen MR) is 56.5 cm³/mol. The van der Waals surface area contributed by atoms with Crippen LogP contribution in [-0.4, -0.2) is 7.38 Å². The summed E-state index contributed by atoms with van der Waals surface area (Å²) >= 11 is 6.16. The van der Waals surface area contributed by atoms with Gasteiger partial charge in [-0.05, 0) is 20.8 Å². The van der Waals surface area contributed by atoms with E-state index in [4.69, 9.17) is 11.1 Å². The normalized spacial score (nSPS) is 15.5. The van der Waals surface area contributed by atoms with E-state index in [0.717, 1.165) is 0 Å². The molecule has 0 radical (unpaired) electrons. The van der Waals surface area contributed by atoms with Crippen LogP contribution in [0.4, 0.5) is 0 Å². The van der Waals surface area contributed by atoms with E-state index < -0.39 is 7.38 Å². The van der Waals surface area contributed by atoms with E-state index in [2.05, 4.69) is 45.6 Å². The lowest BCUT2D eigenvalue weighted by molar-refractivity contribution is 1.33. The number of hydrogen-bond donors (Lipinski definition) is 0. The summed E-state index contributed by atoms with van der Waals surface area (Å²) in [4.78, 5) is 0. The summed E-state index contributed by atoms with van der Waals surface area (Å²) in [5.41, 5.74) is 4.86. The molecule has 0 bridgehead atoms. The molecule has 0 aromatic carbocycles. The molecule has 64 valence electrons. The highest BCUT2D eigenvalue weighted by Gasteiger charge is 2.12. The van der Waals surface area contributed by atoms with Crippen molar-refractivity contribution in [3.8, 4) is 0 Å². The lowest BCUT2D eigenvalue weighted by Crippen LogP contribution is -2.12. The molecule has 2 heteroatoms. The molecule has 0 amide bonds. The van der Waals surface area contributed by atoms with Gasteiger partial charge in [-0.1, -0.05) is 36.0 Å². The van der Waals surface area contributed by atoms with Crippen molar-refractivity contribution in [2.45, 2.75) is 33.9 Å². The van der Waals surface area contributed by atoms with Crippen LogP contribution in [0.5, 0.6) is 0 Å². The van der Waals surface area contributed by atoms with Gasteiger partial charge in [-0.3, -0.25) is 0 Å². The van der Waals surface area contributed by atoms with E-state index in [0.29, 0.717) is 0 Å². The van der Waals surface area contributed by atoms with Gasteiger partial charge in [0.25, 0.3) is 0 Å². The fourth-order valence-corrected chi connectivity index (χ4v) is 2.60. The number of allylic oxidation sites excluding steroid dienone is 3. The fourth-order valence-electron chi connectivity index (χ4n) is 0.856. The van der Waals surface area contributed by atoms with Crippen molar-refractivity contribution in [2.75, 3.05) is 0 Å². The molecule has 0 aliphatic heterocycles. The minimum atomic E-state index is -1.53. The summed E-state index contributed by atoms with van der Waals surface area (Å²) in [5, 5.41) is 0. The van der Waals surface area contributed by atoms with Gasteiger partial charge in [0.1, 0.15) is 0 Å². The highest BCUT2D eigenvalue weighted by atomic mass is 35.6. The van der Waals surface area contributed by atoms with Crippen molar-refractivity contribution in [3.05, 3.63) is 22.9 Å². The molecule has 0 atom stereocenters. The Labute approximate surface area is 75.7 Å². The Morgan fingerprint density at radius 3 is 1.91 bits per heavy atom. The molecular weight excluding hydrogens is 172 g/mol. The van der Waals surface area contributed by atoms with Crippen LogP contribution in [0.25, 0.3) is 0 Å². The van der Waals surface area contributed by atoms with Crippen molar-refractivity contribution in [3.63, 3.8) is 0 Å². The van der Waals surface area contributed by atoms with Crippen LogP contribution < -0.4 is 0 Å². The zero-order valence-electron chi connectivity index (χ0n) is 8.03. The summed E-state index contributed by atoms with van der Waals surface area (Å²) in [6.07, 6.45) is 2.11.